The minimum absolute atomic E-state index is 0.0258. The number of aryl methyl sites for hydroxylation is 1. The van der Waals surface area contributed by atoms with Gasteiger partial charge >= 0.3 is 0 Å². The van der Waals surface area contributed by atoms with E-state index in [1.165, 1.54) is 6.20 Å². The second kappa shape index (κ2) is 8.23. The number of hydrogen-bond donors (Lipinski definition) is 2. The number of nitrogens with one attached hydrogen (secondary N) is 1. The van der Waals surface area contributed by atoms with E-state index < -0.39 is 10.0 Å². The van der Waals surface area contributed by atoms with Gasteiger partial charge in [0, 0.05) is 25.9 Å². The molecular formula is C12H24N4O3S. The Morgan fingerprint density at radius 3 is 2.75 bits per heavy atom. The van der Waals surface area contributed by atoms with Crippen LogP contribution in [0.15, 0.2) is 11.1 Å². The fourth-order valence-corrected chi connectivity index (χ4v) is 2.73. The molecule has 1 rings (SSSR count). The minimum atomic E-state index is -3.62. The highest BCUT2D eigenvalue weighted by atomic mass is 32.2. The van der Waals surface area contributed by atoms with Crippen molar-refractivity contribution in [3.05, 3.63) is 6.20 Å². The number of rotatable bonds is 10. The fourth-order valence-electron chi connectivity index (χ4n) is 1.64. The van der Waals surface area contributed by atoms with E-state index in [-0.39, 0.29) is 17.3 Å². The highest BCUT2D eigenvalue weighted by Crippen LogP contribution is 2.15. The predicted molar refractivity (Wildman–Crippen MR) is 77.8 cm³/mol. The van der Waals surface area contributed by atoms with Crippen molar-refractivity contribution in [1.82, 2.24) is 14.5 Å². The van der Waals surface area contributed by atoms with Crippen LogP contribution in [0.3, 0.4) is 0 Å². The third-order valence-corrected chi connectivity index (χ3v) is 4.16. The number of sulfonamides is 1. The lowest BCUT2D eigenvalue weighted by atomic mass is 10.4. The maximum atomic E-state index is 12.1. The predicted octanol–water partition coefficient (Wildman–Crippen LogP) is 0.970. The Kier molecular flexibility index (Phi) is 6.97. The molecule has 7 nitrogen and oxygen atoms in total. The normalized spacial score (nSPS) is 11.9. The van der Waals surface area contributed by atoms with Crippen LogP contribution < -0.4 is 10.5 Å². The Hall–Kier alpha value is -1.12. The number of nitrogens with zero attached hydrogens (tertiary/aromatic N) is 2. The summed E-state index contributed by atoms with van der Waals surface area (Å²) in [4.78, 5) is 0.0273. The van der Waals surface area contributed by atoms with Crippen LogP contribution in [-0.2, 0) is 21.3 Å². The number of aromatic nitrogens is 2. The quantitative estimate of drug-likeness (QED) is 0.627. The molecule has 0 aromatic carbocycles. The standard InChI is InChI=1S/C12H24N4O3S/c1-3-5-8-19-9-6-14-20(17,18)11-10-16(7-4-2)15-12(11)13/h10,14H,3-9H2,1-2H3,(H2,13,15). The number of nitrogens with two attached hydrogens (primary N) is 1. The van der Waals surface area contributed by atoms with Crippen molar-refractivity contribution in [2.45, 2.75) is 44.6 Å². The van der Waals surface area contributed by atoms with Crippen LogP contribution in [0, 0.1) is 0 Å². The summed E-state index contributed by atoms with van der Waals surface area (Å²) in [6.45, 7) is 5.92. The van der Waals surface area contributed by atoms with Gasteiger partial charge in [-0.15, -0.1) is 0 Å². The van der Waals surface area contributed by atoms with Crippen LogP contribution in [-0.4, -0.2) is 38.0 Å². The molecule has 0 radical (unpaired) electrons. The number of ether oxygens (including phenoxy) is 1. The Morgan fingerprint density at radius 1 is 1.35 bits per heavy atom. The van der Waals surface area contributed by atoms with Crippen molar-refractivity contribution in [3.63, 3.8) is 0 Å². The van der Waals surface area contributed by atoms with Gasteiger partial charge in [-0.05, 0) is 12.8 Å². The lowest BCUT2D eigenvalue weighted by Crippen LogP contribution is -2.28. The van der Waals surface area contributed by atoms with Crippen molar-refractivity contribution in [2.24, 2.45) is 0 Å². The van der Waals surface area contributed by atoms with E-state index in [1.54, 1.807) is 4.68 Å². The van der Waals surface area contributed by atoms with Crippen LogP contribution >= 0.6 is 0 Å². The molecule has 1 aromatic heterocycles. The molecule has 0 aliphatic rings. The maximum Gasteiger partial charge on any atom is 0.245 e. The van der Waals surface area contributed by atoms with Gasteiger partial charge in [-0.1, -0.05) is 20.3 Å². The Morgan fingerprint density at radius 2 is 2.10 bits per heavy atom. The zero-order valence-corrected chi connectivity index (χ0v) is 12.9. The molecule has 1 aromatic rings. The second-order valence-corrected chi connectivity index (χ2v) is 6.24. The van der Waals surface area contributed by atoms with Crippen LogP contribution in [0.25, 0.3) is 0 Å². The van der Waals surface area contributed by atoms with E-state index in [9.17, 15) is 8.42 Å². The summed E-state index contributed by atoms with van der Waals surface area (Å²) in [6, 6.07) is 0. The molecule has 0 saturated heterocycles. The maximum absolute atomic E-state index is 12.1. The molecule has 0 fully saturated rings. The van der Waals surface area contributed by atoms with Gasteiger partial charge < -0.3 is 10.5 Å². The smallest absolute Gasteiger partial charge is 0.245 e. The summed E-state index contributed by atoms with van der Waals surface area (Å²) in [5.74, 6) is 0.0258. The summed E-state index contributed by atoms with van der Waals surface area (Å²) >= 11 is 0. The summed E-state index contributed by atoms with van der Waals surface area (Å²) in [5, 5.41) is 3.98. The first-order valence-electron chi connectivity index (χ1n) is 6.91. The molecule has 3 N–H and O–H groups in total. The van der Waals surface area contributed by atoms with Crippen LogP contribution in [0.2, 0.25) is 0 Å². The first kappa shape index (κ1) is 16.9. The monoisotopic (exact) mass is 304 g/mol. The summed E-state index contributed by atoms with van der Waals surface area (Å²) < 4.78 is 33.4. The van der Waals surface area contributed by atoms with Crippen LogP contribution in [0.5, 0.6) is 0 Å². The number of nitrogen functional groups attached to an aromatic ring is 1. The van der Waals surface area contributed by atoms with E-state index in [2.05, 4.69) is 16.7 Å². The Labute approximate surface area is 120 Å². The molecule has 1 heterocycles. The molecular weight excluding hydrogens is 280 g/mol. The molecule has 116 valence electrons. The zero-order chi connectivity index (χ0) is 15.0. The Bertz CT molecular complexity index is 499. The molecule has 8 heteroatoms. The first-order chi connectivity index (χ1) is 9.51. The van der Waals surface area contributed by atoms with E-state index in [0.717, 1.165) is 19.3 Å². The topological polar surface area (TPSA) is 99.2 Å². The van der Waals surface area contributed by atoms with Crippen molar-refractivity contribution < 1.29 is 13.2 Å². The second-order valence-electron chi connectivity index (χ2n) is 4.51. The summed E-state index contributed by atoms with van der Waals surface area (Å²) in [5.41, 5.74) is 5.65. The van der Waals surface area contributed by atoms with Gasteiger partial charge in [0.1, 0.15) is 4.90 Å². The fraction of sp³-hybridized carbons (Fsp3) is 0.750. The minimum Gasteiger partial charge on any atom is -0.381 e. The molecule has 0 aliphatic carbocycles. The van der Waals surface area contributed by atoms with Gasteiger partial charge in [0.15, 0.2) is 5.82 Å². The van der Waals surface area contributed by atoms with E-state index >= 15 is 0 Å². The van der Waals surface area contributed by atoms with Crippen molar-refractivity contribution >= 4 is 15.8 Å². The van der Waals surface area contributed by atoms with Gasteiger partial charge in [0.2, 0.25) is 10.0 Å². The molecule has 0 unspecified atom stereocenters. The van der Waals surface area contributed by atoms with Gasteiger partial charge in [0.25, 0.3) is 0 Å². The first-order valence-corrected chi connectivity index (χ1v) is 8.40. The molecule has 20 heavy (non-hydrogen) atoms. The lowest BCUT2D eigenvalue weighted by Gasteiger charge is -2.06. The van der Waals surface area contributed by atoms with Gasteiger partial charge in [-0.2, -0.15) is 5.10 Å². The highest BCUT2D eigenvalue weighted by molar-refractivity contribution is 7.89. The van der Waals surface area contributed by atoms with E-state index in [4.69, 9.17) is 10.5 Å². The van der Waals surface area contributed by atoms with Crippen molar-refractivity contribution in [2.75, 3.05) is 25.5 Å². The average Bonchev–Trinajstić information content (AvgIpc) is 2.76. The summed E-state index contributed by atoms with van der Waals surface area (Å²) in [6.07, 6.45) is 4.35. The highest BCUT2D eigenvalue weighted by Gasteiger charge is 2.20. The molecule has 0 bridgehead atoms. The largest absolute Gasteiger partial charge is 0.381 e. The van der Waals surface area contributed by atoms with Crippen molar-refractivity contribution in [1.29, 1.82) is 0 Å². The lowest BCUT2D eigenvalue weighted by molar-refractivity contribution is 0.136. The van der Waals surface area contributed by atoms with Crippen molar-refractivity contribution in [3.8, 4) is 0 Å². The van der Waals surface area contributed by atoms with Gasteiger partial charge in [0.05, 0.1) is 6.61 Å². The molecule has 0 saturated carbocycles. The summed E-state index contributed by atoms with van der Waals surface area (Å²) in [7, 11) is -3.62. The number of unbranched alkanes of at least 4 members (excludes halogenated alkanes) is 1. The SMILES string of the molecule is CCCCOCCNS(=O)(=O)c1cn(CCC)nc1N. The van der Waals surface area contributed by atoms with Gasteiger partial charge in [-0.3, -0.25) is 4.68 Å². The third kappa shape index (κ3) is 5.10. The van der Waals surface area contributed by atoms with Gasteiger partial charge in [-0.25, -0.2) is 13.1 Å². The molecule has 0 amide bonds. The van der Waals surface area contributed by atoms with Crippen LogP contribution in [0.1, 0.15) is 33.1 Å². The Balaban J connectivity index is 2.51. The number of anilines is 1. The number of hydrogen-bond acceptors (Lipinski definition) is 5. The zero-order valence-electron chi connectivity index (χ0n) is 12.1. The van der Waals surface area contributed by atoms with E-state index in [0.29, 0.717) is 19.8 Å². The average molecular weight is 304 g/mol. The molecule has 0 aliphatic heterocycles. The molecule has 0 spiro atoms. The third-order valence-electron chi connectivity index (χ3n) is 2.68. The molecule has 0 atom stereocenters. The van der Waals surface area contributed by atoms with E-state index in [1.807, 2.05) is 6.92 Å². The van der Waals surface area contributed by atoms with Crippen LogP contribution in [0.4, 0.5) is 5.82 Å².